The minimum absolute atomic E-state index is 0.230. The molecule has 4 N–H and O–H groups in total. The molecular formula is C8H17NO4. The van der Waals surface area contributed by atoms with Crippen LogP contribution in [0.15, 0.2) is 0 Å². The van der Waals surface area contributed by atoms with E-state index in [0.29, 0.717) is 0 Å². The minimum atomic E-state index is -1.18. The Kier molecular flexibility index (Phi) is 3.26. The molecule has 1 aliphatic rings. The van der Waals surface area contributed by atoms with Crippen LogP contribution in [-0.4, -0.2) is 69.4 Å². The zero-order valence-electron chi connectivity index (χ0n) is 7.83. The van der Waals surface area contributed by atoms with Crippen LogP contribution in [-0.2, 0) is 0 Å². The van der Waals surface area contributed by atoms with Gasteiger partial charge in [0.25, 0.3) is 0 Å². The molecule has 0 bridgehead atoms. The van der Waals surface area contributed by atoms with Crippen molar-refractivity contribution in [2.24, 2.45) is 0 Å². The molecule has 1 aliphatic heterocycles. The number of nitrogens with zero attached hydrogens (tertiary/aromatic N) is 1. The van der Waals surface area contributed by atoms with E-state index < -0.39 is 24.4 Å². The molecule has 0 aliphatic carbocycles. The van der Waals surface area contributed by atoms with Crippen molar-refractivity contribution in [1.82, 2.24) is 4.90 Å². The summed E-state index contributed by atoms with van der Waals surface area (Å²) in [7, 11) is 1.70. The maximum Gasteiger partial charge on any atom is 0.109 e. The zero-order chi connectivity index (χ0) is 10.2. The average Bonchev–Trinajstić information content (AvgIpc) is 2.13. The van der Waals surface area contributed by atoms with Crippen molar-refractivity contribution < 1.29 is 20.4 Å². The Morgan fingerprint density at radius 3 is 2.08 bits per heavy atom. The number of likely N-dealkylation sites (N-methyl/N-ethyl adjacent to an activating group) is 1. The molecule has 1 saturated heterocycles. The van der Waals surface area contributed by atoms with Crippen LogP contribution >= 0.6 is 0 Å². The molecule has 1 fully saturated rings. The van der Waals surface area contributed by atoms with E-state index >= 15 is 0 Å². The highest BCUT2D eigenvalue weighted by Gasteiger charge is 2.43. The number of aliphatic hydroxyl groups is 4. The lowest BCUT2D eigenvalue weighted by Crippen LogP contribution is -2.65. The number of piperidine rings is 1. The molecule has 0 spiro atoms. The Morgan fingerprint density at radius 1 is 1.08 bits per heavy atom. The number of hydrogen-bond donors (Lipinski definition) is 4. The van der Waals surface area contributed by atoms with Gasteiger partial charge in [-0.15, -0.1) is 0 Å². The van der Waals surface area contributed by atoms with Crippen LogP contribution in [0.2, 0.25) is 0 Å². The van der Waals surface area contributed by atoms with Crippen LogP contribution in [0.5, 0.6) is 0 Å². The minimum Gasteiger partial charge on any atom is -0.395 e. The summed E-state index contributed by atoms with van der Waals surface area (Å²) in [5, 5.41) is 37.3. The molecule has 1 heterocycles. The standard InChI is InChI=1S/C8H17NO4/c1-4-6(11)8(13)7(12)5(3-10)9(4)2/h4-8,10-13H,3H2,1-2H3. The van der Waals surface area contributed by atoms with E-state index in [1.54, 1.807) is 18.9 Å². The average molecular weight is 191 g/mol. The molecule has 0 saturated carbocycles. The summed E-state index contributed by atoms with van der Waals surface area (Å²) in [6.45, 7) is 1.51. The first-order valence-electron chi connectivity index (χ1n) is 4.37. The Hall–Kier alpha value is -0.200. The van der Waals surface area contributed by atoms with Gasteiger partial charge in [0.05, 0.1) is 18.8 Å². The van der Waals surface area contributed by atoms with E-state index in [1.165, 1.54) is 0 Å². The van der Waals surface area contributed by atoms with Gasteiger partial charge in [-0.2, -0.15) is 0 Å². The molecular weight excluding hydrogens is 174 g/mol. The number of aliphatic hydroxyl groups excluding tert-OH is 4. The second-order valence-corrected chi connectivity index (χ2v) is 3.63. The summed E-state index contributed by atoms with van der Waals surface area (Å²) in [5.41, 5.74) is 0. The Labute approximate surface area is 77.2 Å². The molecule has 5 atom stereocenters. The first-order chi connectivity index (χ1) is 6.00. The summed E-state index contributed by atoms with van der Waals surface area (Å²) in [6, 6.07) is -0.774. The van der Waals surface area contributed by atoms with Crippen molar-refractivity contribution in [3.8, 4) is 0 Å². The van der Waals surface area contributed by atoms with Crippen LogP contribution < -0.4 is 0 Å². The summed E-state index contributed by atoms with van der Waals surface area (Å²) in [6.07, 6.45) is -3.24. The van der Waals surface area contributed by atoms with E-state index in [4.69, 9.17) is 5.11 Å². The van der Waals surface area contributed by atoms with Crippen LogP contribution in [0.25, 0.3) is 0 Å². The Balaban J connectivity index is 2.79. The topological polar surface area (TPSA) is 84.2 Å². The van der Waals surface area contributed by atoms with Crippen LogP contribution in [0.4, 0.5) is 0 Å². The zero-order valence-corrected chi connectivity index (χ0v) is 7.83. The molecule has 5 nitrogen and oxygen atoms in total. The highest BCUT2D eigenvalue weighted by atomic mass is 16.4. The third-order valence-corrected chi connectivity index (χ3v) is 2.94. The fraction of sp³-hybridized carbons (Fsp3) is 1.00. The van der Waals surface area contributed by atoms with E-state index in [2.05, 4.69) is 0 Å². The summed E-state index contributed by atoms with van der Waals surface area (Å²) in [5.74, 6) is 0. The molecule has 78 valence electrons. The molecule has 0 aromatic heterocycles. The van der Waals surface area contributed by atoms with Gasteiger partial charge < -0.3 is 20.4 Å². The highest BCUT2D eigenvalue weighted by molar-refractivity contribution is 4.97. The van der Waals surface area contributed by atoms with Gasteiger partial charge in [-0.3, -0.25) is 4.90 Å². The Bertz CT molecular complexity index is 162. The highest BCUT2D eigenvalue weighted by Crippen LogP contribution is 2.22. The molecule has 5 unspecified atom stereocenters. The number of hydrogen-bond acceptors (Lipinski definition) is 5. The molecule has 0 radical (unpaired) electrons. The van der Waals surface area contributed by atoms with Gasteiger partial charge in [0, 0.05) is 6.04 Å². The van der Waals surface area contributed by atoms with Crippen molar-refractivity contribution in [2.75, 3.05) is 13.7 Å². The smallest absolute Gasteiger partial charge is 0.109 e. The van der Waals surface area contributed by atoms with Crippen LogP contribution in [0, 0.1) is 0 Å². The summed E-state index contributed by atoms with van der Waals surface area (Å²) in [4.78, 5) is 1.67. The quantitative estimate of drug-likeness (QED) is 0.377. The van der Waals surface area contributed by atoms with E-state index in [1.807, 2.05) is 0 Å². The fourth-order valence-corrected chi connectivity index (χ4v) is 1.74. The molecule has 5 heteroatoms. The van der Waals surface area contributed by atoms with Gasteiger partial charge in [-0.05, 0) is 14.0 Å². The molecule has 0 aromatic carbocycles. The van der Waals surface area contributed by atoms with E-state index in [-0.39, 0.29) is 12.6 Å². The van der Waals surface area contributed by atoms with Gasteiger partial charge in [-0.25, -0.2) is 0 Å². The maximum atomic E-state index is 9.48. The van der Waals surface area contributed by atoms with Crippen molar-refractivity contribution in [3.05, 3.63) is 0 Å². The predicted molar refractivity (Wildman–Crippen MR) is 46.1 cm³/mol. The third kappa shape index (κ3) is 1.70. The predicted octanol–water partition coefficient (Wildman–Crippen LogP) is -2.24. The third-order valence-electron chi connectivity index (χ3n) is 2.94. The van der Waals surface area contributed by atoms with Crippen molar-refractivity contribution in [3.63, 3.8) is 0 Å². The SMILES string of the molecule is CC1C(O)C(O)C(O)C(CO)N1C. The van der Waals surface area contributed by atoms with Crippen molar-refractivity contribution in [1.29, 1.82) is 0 Å². The van der Waals surface area contributed by atoms with E-state index in [0.717, 1.165) is 0 Å². The first kappa shape index (κ1) is 10.9. The molecule has 0 amide bonds. The number of likely N-dealkylation sites (tertiary alicyclic amines) is 1. The molecule has 13 heavy (non-hydrogen) atoms. The van der Waals surface area contributed by atoms with Gasteiger partial charge in [0.1, 0.15) is 12.2 Å². The lowest BCUT2D eigenvalue weighted by Gasteiger charge is -2.45. The van der Waals surface area contributed by atoms with Crippen molar-refractivity contribution >= 4 is 0 Å². The summed E-state index contributed by atoms with van der Waals surface area (Å²) >= 11 is 0. The van der Waals surface area contributed by atoms with Gasteiger partial charge in [0.2, 0.25) is 0 Å². The monoisotopic (exact) mass is 191 g/mol. The van der Waals surface area contributed by atoms with Crippen LogP contribution in [0.3, 0.4) is 0 Å². The maximum absolute atomic E-state index is 9.48. The second-order valence-electron chi connectivity index (χ2n) is 3.63. The van der Waals surface area contributed by atoms with Gasteiger partial charge >= 0.3 is 0 Å². The van der Waals surface area contributed by atoms with Gasteiger partial charge in [0.15, 0.2) is 0 Å². The van der Waals surface area contributed by atoms with E-state index in [9.17, 15) is 15.3 Å². The van der Waals surface area contributed by atoms with Crippen LogP contribution in [0.1, 0.15) is 6.92 Å². The fourth-order valence-electron chi connectivity index (χ4n) is 1.74. The Morgan fingerprint density at radius 2 is 1.62 bits per heavy atom. The largest absolute Gasteiger partial charge is 0.395 e. The first-order valence-corrected chi connectivity index (χ1v) is 4.37. The van der Waals surface area contributed by atoms with Crippen molar-refractivity contribution in [2.45, 2.75) is 37.3 Å². The van der Waals surface area contributed by atoms with Gasteiger partial charge in [-0.1, -0.05) is 0 Å². The summed E-state index contributed by atoms with van der Waals surface area (Å²) < 4.78 is 0. The lowest BCUT2D eigenvalue weighted by atomic mass is 9.89. The molecule has 0 aromatic rings. The molecule has 1 rings (SSSR count). The number of rotatable bonds is 1. The lowest BCUT2D eigenvalue weighted by molar-refractivity contribution is -0.160. The second kappa shape index (κ2) is 3.89. The normalized spacial score (nSPS) is 48.0.